The fraction of sp³-hybridized carbons (Fsp3) is 1.00. The largest absolute Gasteiger partial charge is 0.347 e. The van der Waals surface area contributed by atoms with E-state index in [2.05, 4.69) is 13.8 Å². The van der Waals surface area contributed by atoms with E-state index >= 15 is 0 Å². The molecule has 0 radical (unpaired) electrons. The van der Waals surface area contributed by atoms with E-state index in [-0.39, 0.29) is 5.79 Å². The zero-order chi connectivity index (χ0) is 9.79. The number of rotatable bonds is 0. The Morgan fingerprint density at radius 1 is 0.867 bits per heavy atom. The Morgan fingerprint density at radius 2 is 1.60 bits per heavy atom. The van der Waals surface area contributed by atoms with Crippen LogP contribution < -0.4 is 0 Å². The smallest absolute Gasteiger partial charge is 0.175 e. The molecule has 80 valence electrons. The van der Waals surface area contributed by atoms with E-state index in [1.807, 2.05) is 0 Å². The van der Waals surface area contributed by atoms with Gasteiger partial charge in [0.15, 0.2) is 5.79 Å². The molecule has 15 heavy (non-hydrogen) atoms. The molecular weight excluding hydrogens is 188 g/mol. The second kappa shape index (κ2) is 1.46. The normalized spacial score (nSPS) is 82.0. The summed E-state index contributed by atoms with van der Waals surface area (Å²) in [6.07, 6.45) is 0. The van der Waals surface area contributed by atoms with Gasteiger partial charge in [-0.15, -0.1) is 0 Å². The van der Waals surface area contributed by atoms with Crippen molar-refractivity contribution in [3.8, 4) is 0 Å². The van der Waals surface area contributed by atoms with Crippen molar-refractivity contribution in [2.45, 2.75) is 19.6 Å². The van der Waals surface area contributed by atoms with Crippen LogP contribution in [-0.2, 0) is 9.47 Å². The molecule has 7 fully saturated rings. The minimum atomic E-state index is -0.0821. The number of hydrogen-bond donors (Lipinski definition) is 0. The Balaban J connectivity index is 1.64. The first-order chi connectivity index (χ1) is 7.19. The van der Waals surface area contributed by atoms with Crippen LogP contribution in [0.1, 0.15) is 13.8 Å². The summed E-state index contributed by atoms with van der Waals surface area (Å²) >= 11 is 0. The van der Waals surface area contributed by atoms with Crippen molar-refractivity contribution in [1.82, 2.24) is 0 Å². The molecule has 7 aliphatic rings. The van der Waals surface area contributed by atoms with Crippen LogP contribution in [0.2, 0.25) is 0 Å². The first-order valence-corrected chi connectivity index (χ1v) is 6.47. The Labute approximate surface area is 89.3 Å². The highest BCUT2D eigenvalue weighted by atomic mass is 16.7. The summed E-state index contributed by atoms with van der Waals surface area (Å²) in [6.45, 7) is 6.75. The van der Waals surface area contributed by atoms with Crippen molar-refractivity contribution in [2.75, 3.05) is 13.2 Å². The molecular formula is C13H16O2. The zero-order valence-electron chi connectivity index (χ0n) is 9.19. The summed E-state index contributed by atoms with van der Waals surface area (Å²) in [4.78, 5) is 0. The lowest BCUT2D eigenvalue weighted by molar-refractivity contribution is -0.490. The molecule has 6 aliphatic carbocycles. The molecule has 0 aromatic heterocycles. The van der Waals surface area contributed by atoms with E-state index < -0.39 is 0 Å². The molecule has 8 unspecified atom stereocenters. The van der Waals surface area contributed by atoms with Crippen LogP contribution in [0.3, 0.4) is 0 Å². The van der Waals surface area contributed by atoms with Crippen LogP contribution in [0.4, 0.5) is 0 Å². The summed E-state index contributed by atoms with van der Waals surface area (Å²) < 4.78 is 12.2. The van der Waals surface area contributed by atoms with Crippen LogP contribution in [0.25, 0.3) is 0 Å². The second-order valence-corrected chi connectivity index (χ2v) is 7.14. The van der Waals surface area contributed by atoms with Crippen LogP contribution in [0.5, 0.6) is 0 Å². The highest BCUT2D eigenvalue weighted by molar-refractivity contribution is 5.51. The Morgan fingerprint density at radius 3 is 2.20 bits per heavy atom. The average Bonchev–Trinajstić information content (AvgIpc) is 2.70. The van der Waals surface area contributed by atoms with E-state index in [1.165, 1.54) is 0 Å². The van der Waals surface area contributed by atoms with Gasteiger partial charge in [-0.1, -0.05) is 13.8 Å². The van der Waals surface area contributed by atoms with Crippen LogP contribution in [0.15, 0.2) is 0 Å². The molecule has 1 heterocycles. The quantitative estimate of drug-likeness (QED) is 0.595. The summed E-state index contributed by atoms with van der Waals surface area (Å²) in [5.74, 6) is 5.50. The number of ether oxygens (including phenoxy) is 2. The number of hydrogen-bond acceptors (Lipinski definition) is 2. The van der Waals surface area contributed by atoms with Crippen molar-refractivity contribution in [1.29, 1.82) is 0 Å². The predicted molar refractivity (Wildman–Crippen MR) is 51.8 cm³/mol. The zero-order valence-corrected chi connectivity index (χ0v) is 9.19. The van der Waals surface area contributed by atoms with E-state index in [4.69, 9.17) is 9.47 Å². The van der Waals surface area contributed by atoms with Crippen molar-refractivity contribution in [2.24, 2.45) is 46.3 Å². The highest BCUT2D eigenvalue weighted by Crippen LogP contribution is 3.06. The predicted octanol–water partition coefficient (Wildman–Crippen LogP) is 1.51. The van der Waals surface area contributed by atoms with E-state index in [1.54, 1.807) is 0 Å². The monoisotopic (exact) mass is 204 g/mol. The van der Waals surface area contributed by atoms with Gasteiger partial charge in [0.1, 0.15) is 0 Å². The molecule has 0 N–H and O–H groups in total. The Hall–Kier alpha value is -0.0800. The van der Waals surface area contributed by atoms with Gasteiger partial charge in [0.2, 0.25) is 0 Å². The third kappa shape index (κ3) is 0.326. The van der Waals surface area contributed by atoms with Gasteiger partial charge in [-0.3, -0.25) is 0 Å². The lowest BCUT2D eigenvalue weighted by atomic mass is 9.09. The lowest BCUT2D eigenvalue weighted by Crippen LogP contribution is -2.92. The highest BCUT2D eigenvalue weighted by Gasteiger charge is 3.07. The SMILES string of the molecule is CC12C3C4C5C3C1(C)C(C42)C51OCCO1. The molecule has 6 saturated carbocycles. The van der Waals surface area contributed by atoms with E-state index in [0.717, 1.165) is 48.7 Å². The van der Waals surface area contributed by atoms with Crippen molar-refractivity contribution < 1.29 is 9.47 Å². The maximum atomic E-state index is 6.09. The molecule has 2 bridgehead atoms. The Kier molecular flexibility index (Phi) is 0.708. The summed E-state index contributed by atoms with van der Waals surface area (Å²) in [5.41, 5.74) is 1.31. The molecule has 0 aromatic carbocycles. The summed E-state index contributed by atoms with van der Waals surface area (Å²) in [5, 5.41) is 0. The van der Waals surface area contributed by atoms with Gasteiger partial charge in [-0.25, -0.2) is 0 Å². The average molecular weight is 204 g/mol. The van der Waals surface area contributed by atoms with Crippen molar-refractivity contribution in [3.63, 3.8) is 0 Å². The minimum Gasteiger partial charge on any atom is -0.347 e. The topological polar surface area (TPSA) is 18.5 Å². The van der Waals surface area contributed by atoms with Crippen molar-refractivity contribution >= 4 is 0 Å². The molecule has 2 heteroatoms. The molecule has 1 saturated heterocycles. The van der Waals surface area contributed by atoms with Gasteiger partial charge in [-0.2, -0.15) is 0 Å². The molecule has 0 amide bonds. The molecule has 1 spiro atoms. The fourth-order valence-corrected chi connectivity index (χ4v) is 7.83. The molecule has 7 rings (SSSR count). The van der Waals surface area contributed by atoms with Crippen LogP contribution in [-0.4, -0.2) is 19.0 Å². The maximum absolute atomic E-state index is 6.09. The lowest BCUT2D eigenvalue weighted by Gasteiger charge is -2.94. The van der Waals surface area contributed by atoms with Gasteiger partial charge in [0, 0.05) is 11.8 Å². The Bertz CT molecular complexity index is 426. The third-order valence-electron chi connectivity index (χ3n) is 7.90. The molecule has 2 nitrogen and oxygen atoms in total. The third-order valence-corrected chi connectivity index (χ3v) is 7.90. The van der Waals surface area contributed by atoms with E-state index in [0.29, 0.717) is 10.8 Å². The fourth-order valence-electron chi connectivity index (χ4n) is 7.83. The van der Waals surface area contributed by atoms with Gasteiger partial charge in [-0.05, 0) is 34.5 Å². The van der Waals surface area contributed by atoms with E-state index in [9.17, 15) is 0 Å². The first-order valence-electron chi connectivity index (χ1n) is 6.47. The standard InChI is InChI=1S/C13H16O2/c1-11-6-5-7-9(6)12(11,2)10(8(5)11)13(7)14-3-4-15-13/h5-10H,3-4H2,1-2H3. The van der Waals surface area contributed by atoms with Crippen molar-refractivity contribution in [3.05, 3.63) is 0 Å². The van der Waals surface area contributed by atoms with Gasteiger partial charge >= 0.3 is 0 Å². The van der Waals surface area contributed by atoms with Crippen LogP contribution in [0, 0.1) is 46.3 Å². The summed E-state index contributed by atoms with van der Waals surface area (Å²) in [7, 11) is 0. The molecule has 8 atom stereocenters. The van der Waals surface area contributed by atoms with Gasteiger partial charge in [0.05, 0.1) is 13.2 Å². The second-order valence-electron chi connectivity index (χ2n) is 7.14. The first kappa shape index (κ1) is 7.29. The van der Waals surface area contributed by atoms with Gasteiger partial charge in [0.25, 0.3) is 0 Å². The minimum absolute atomic E-state index is 0.0821. The van der Waals surface area contributed by atoms with Gasteiger partial charge < -0.3 is 9.47 Å². The molecule has 0 aromatic rings. The maximum Gasteiger partial charge on any atom is 0.175 e. The molecule has 1 aliphatic heterocycles. The van der Waals surface area contributed by atoms with Crippen LogP contribution >= 0.6 is 0 Å². The summed E-state index contributed by atoms with van der Waals surface area (Å²) in [6, 6.07) is 0.